The molecule has 0 fully saturated rings. The summed E-state index contributed by atoms with van der Waals surface area (Å²) in [5.74, 6) is 1.45. The van der Waals surface area contributed by atoms with E-state index < -0.39 is 0 Å². The normalized spacial score (nSPS) is 10.9. The van der Waals surface area contributed by atoms with E-state index in [0.717, 1.165) is 39.3 Å². The number of rotatable bonds is 10. The molecular formula is C14H29N7. The maximum Gasteiger partial charge on any atom is 0.231 e. The Labute approximate surface area is 128 Å². The van der Waals surface area contributed by atoms with Gasteiger partial charge >= 0.3 is 0 Å². The van der Waals surface area contributed by atoms with E-state index in [4.69, 9.17) is 5.73 Å². The van der Waals surface area contributed by atoms with Crippen LogP contribution in [0.25, 0.3) is 0 Å². The van der Waals surface area contributed by atoms with Crippen LogP contribution < -0.4 is 16.0 Å². The van der Waals surface area contributed by atoms with Gasteiger partial charge in [0.15, 0.2) is 0 Å². The van der Waals surface area contributed by atoms with Crippen molar-refractivity contribution < 1.29 is 0 Å². The molecule has 0 atom stereocenters. The highest BCUT2D eigenvalue weighted by atomic mass is 15.3. The van der Waals surface area contributed by atoms with Crippen LogP contribution in [0.1, 0.15) is 34.1 Å². The first kappa shape index (κ1) is 17.4. The molecule has 0 unspecified atom stereocenters. The van der Waals surface area contributed by atoms with E-state index in [2.05, 4.69) is 57.8 Å². The number of anilines is 3. The molecule has 0 radical (unpaired) electrons. The summed E-state index contributed by atoms with van der Waals surface area (Å²) in [6.07, 6.45) is 1.17. The Bertz CT molecular complexity index is 406. The van der Waals surface area contributed by atoms with E-state index >= 15 is 0 Å². The zero-order valence-corrected chi connectivity index (χ0v) is 13.8. The van der Waals surface area contributed by atoms with Crippen molar-refractivity contribution in [3.05, 3.63) is 0 Å². The lowest BCUT2D eigenvalue weighted by Crippen LogP contribution is -2.30. The monoisotopic (exact) mass is 295 g/mol. The Hall–Kier alpha value is -1.63. The quantitative estimate of drug-likeness (QED) is 0.676. The molecule has 0 spiro atoms. The fourth-order valence-electron chi connectivity index (χ4n) is 2.18. The number of nitrogens with two attached hydrogens (primary N) is 1. The molecule has 0 aliphatic carbocycles. The molecule has 1 rings (SSSR count). The number of aromatic nitrogens is 3. The van der Waals surface area contributed by atoms with Crippen molar-refractivity contribution in [2.24, 2.45) is 0 Å². The van der Waals surface area contributed by atoms with Crippen molar-refractivity contribution in [2.45, 2.75) is 34.1 Å². The summed E-state index contributed by atoms with van der Waals surface area (Å²) in [5, 5.41) is 3.24. The molecule has 0 amide bonds. The summed E-state index contributed by atoms with van der Waals surface area (Å²) in [4.78, 5) is 17.2. The van der Waals surface area contributed by atoms with Crippen LogP contribution in [0.2, 0.25) is 0 Å². The molecule has 0 saturated carbocycles. The maximum atomic E-state index is 5.77. The topological polar surface area (TPSA) is 83.2 Å². The molecule has 1 heterocycles. The Morgan fingerprint density at radius 1 is 0.952 bits per heavy atom. The van der Waals surface area contributed by atoms with Crippen LogP contribution in [0, 0.1) is 0 Å². The molecular weight excluding hydrogens is 266 g/mol. The van der Waals surface area contributed by atoms with Gasteiger partial charge in [0, 0.05) is 26.2 Å². The number of likely N-dealkylation sites (N-methyl/N-ethyl adjacent to an activating group) is 1. The molecule has 0 aliphatic rings. The second-order valence-corrected chi connectivity index (χ2v) is 4.85. The molecule has 1 aromatic rings. The minimum Gasteiger partial charge on any atom is -0.368 e. The van der Waals surface area contributed by atoms with Gasteiger partial charge in [-0.15, -0.1) is 0 Å². The second-order valence-electron chi connectivity index (χ2n) is 4.85. The number of nitrogens with zero attached hydrogens (tertiary/aromatic N) is 5. The molecule has 21 heavy (non-hydrogen) atoms. The van der Waals surface area contributed by atoms with E-state index in [1.165, 1.54) is 6.42 Å². The van der Waals surface area contributed by atoms with Crippen molar-refractivity contribution in [3.63, 3.8) is 0 Å². The SMILES string of the molecule is CCCN(CC)CCNc1nc(N)nc(N(CC)CC)n1. The third kappa shape index (κ3) is 5.71. The molecule has 3 N–H and O–H groups in total. The van der Waals surface area contributed by atoms with Crippen LogP contribution in [-0.4, -0.2) is 59.1 Å². The van der Waals surface area contributed by atoms with Gasteiger partial charge in [0.25, 0.3) is 0 Å². The van der Waals surface area contributed by atoms with Gasteiger partial charge in [-0.1, -0.05) is 13.8 Å². The van der Waals surface area contributed by atoms with Gasteiger partial charge in [-0.3, -0.25) is 0 Å². The molecule has 120 valence electrons. The van der Waals surface area contributed by atoms with Gasteiger partial charge in [0.05, 0.1) is 0 Å². The minimum absolute atomic E-state index is 0.260. The fourth-order valence-corrected chi connectivity index (χ4v) is 2.18. The van der Waals surface area contributed by atoms with E-state index in [-0.39, 0.29) is 5.95 Å². The van der Waals surface area contributed by atoms with Crippen LogP contribution in [0.15, 0.2) is 0 Å². The van der Waals surface area contributed by atoms with Crippen molar-refractivity contribution in [1.82, 2.24) is 19.9 Å². The van der Waals surface area contributed by atoms with Crippen LogP contribution in [0.5, 0.6) is 0 Å². The predicted octanol–water partition coefficient (Wildman–Crippen LogP) is 1.44. The minimum atomic E-state index is 0.260. The molecule has 1 aromatic heterocycles. The van der Waals surface area contributed by atoms with Gasteiger partial charge in [-0.2, -0.15) is 15.0 Å². The van der Waals surface area contributed by atoms with Crippen molar-refractivity contribution >= 4 is 17.8 Å². The average molecular weight is 295 g/mol. The summed E-state index contributed by atoms with van der Waals surface area (Å²) in [6.45, 7) is 14.1. The highest BCUT2D eigenvalue weighted by Crippen LogP contribution is 2.11. The van der Waals surface area contributed by atoms with E-state index in [9.17, 15) is 0 Å². The molecule has 0 bridgehead atoms. The number of nitrogens with one attached hydrogen (secondary N) is 1. The van der Waals surface area contributed by atoms with Gasteiger partial charge in [-0.25, -0.2) is 0 Å². The Kier molecular flexibility index (Phi) is 7.74. The Morgan fingerprint density at radius 2 is 1.67 bits per heavy atom. The van der Waals surface area contributed by atoms with Crippen molar-refractivity contribution in [1.29, 1.82) is 0 Å². The molecule has 7 heteroatoms. The van der Waals surface area contributed by atoms with Gasteiger partial charge in [-0.05, 0) is 33.4 Å². The first-order valence-corrected chi connectivity index (χ1v) is 7.87. The predicted molar refractivity (Wildman–Crippen MR) is 88.7 cm³/mol. The summed E-state index contributed by atoms with van der Waals surface area (Å²) in [6, 6.07) is 0. The van der Waals surface area contributed by atoms with Gasteiger partial charge in [0.2, 0.25) is 17.8 Å². The summed E-state index contributed by atoms with van der Waals surface area (Å²) in [7, 11) is 0. The van der Waals surface area contributed by atoms with Crippen LogP contribution in [0.3, 0.4) is 0 Å². The lowest BCUT2D eigenvalue weighted by molar-refractivity contribution is 0.300. The third-order valence-electron chi connectivity index (χ3n) is 3.39. The maximum absolute atomic E-state index is 5.77. The highest BCUT2D eigenvalue weighted by molar-refractivity contribution is 5.41. The first-order valence-electron chi connectivity index (χ1n) is 7.87. The van der Waals surface area contributed by atoms with Crippen LogP contribution in [-0.2, 0) is 0 Å². The van der Waals surface area contributed by atoms with Crippen LogP contribution >= 0.6 is 0 Å². The van der Waals surface area contributed by atoms with Gasteiger partial charge in [0.1, 0.15) is 0 Å². The highest BCUT2D eigenvalue weighted by Gasteiger charge is 2.09. The molecule has 7 nitrogen and oxygen atoms in total. The first-order chi connectivity index (χ1) is 10.1. The summed E-state index contributed by atoms with van der Waals surface area (Å²) in [5.41, 5.74) is 5.77. The number of hydrogen-bond donors (Lipinski definition) is 2. The average Bonchev–Trinajstić information content (AvgIpc) is 2.47. The van der Waals surface area contributed by atoms with Crippen molar-refractivity contribution in [2.75, 3.05) is 55.2 Å². The smallest absolute Gasteiger partial charge is 0.231 e. The van der Waals surface area contributed by atoms with E-state index in [0.29, 0.717) is 11.9 Å². The molecule has 0 saturated heterocycles. The molecule has 0 aromatic carbocycles. The third-order valence-corrected chi connectivity index (χ3v) is 3.39. The second kappa shape index (κ2) is 9.33. The zero-order chi connectivity index (χ0) is 15.7. The van der Waals surface area contributed by atoms with E-state index in [1.54, 1.807) is 0 Å². The fraction of sp³-hybridized carbons (Fsp3) is 0.786. The lowest BCUT2D eigenvalue weighted by atomic mass is 10.4. The Morgan fingerprint density at radius 3 is 2.24 bits per heavy atom. The van der Waals surface area contributed by atoms with Gasteiger partial charge < -0.3 is 20.9 Å². The standard InChI is InChI=1S/C14H29N7/c1-5-10-20(6-2)11-9-16-13-17-12(15)18-14(19-13)21(7-3)8-4/h5-11H2,1-4H3,(H3,15,16,17,18,19). The lowest BCUT2D eigenvalue weighted by Gasteiger charge is -2.21. The number of hydrogen-bond acceptors (Lipinski definition) is 7. The summed E-state index contributed by atoms with van der Waals surface area (Å²) >= 11 is 0. The zero-order valence-electron chi connectivity index (χ0n) is 13.8. The molecule has 0 aliphatic heterocycles. The van der Waals surface area contributed by atoms with Crippen molar-refractivity contribution in [3.8, 4) is 0 Å². The van der Waals surface area contributed by atoms with Crippen LogP contribution in [0.4, 0.5) is 17.8 Å². The largest absolute Gasteiger partial charge is 0.368 e. The van der Waals surface area contributed by atoms with E-state index in [1.807, 2.05) is 0 Å². The Balaban J connectivity index is 2.62. The summed E-state index contributed by atoms with van der Waals surface area (Å²) < 4.78 is 0. The number of nitrogen functional groups attached to an aromatic ring is 1.